The Hall–Kier alpha value is -2.30. The van der Waals surface area contributed by atoms with Gasteiger partial charge in [-0.05, 0) is 5.56 Å². The predicted molar refractivity (Wildman–Crippen MR) is 58.7 cm³/mol. The van der Waals surface area contributed by atoms with Gasteiger partial charge < -0.3 is 10.5 Å². The number of ether oxygens (including phenoxy) is 1. The summed E-state index contributed by atoms with van der Waals surface area (Å²) in [4.78, 5) is 11.5. The van der Waals surface area contributed by atoms with Crippen molar-refractivity contribution in [3.05, 3.63) is 48.2 Å². The Bertz CT molecular complexity index is 479. The Morgan fingerprint density at radius 1 is 1.31 bits per heavy atom. The van der Waals surface area contributed by atoms with Crippen molar-refractivity contribution < 1.29 is 9.53 Å². The van der Waals surface area contributed by atoms with Crippen LogP contribution in [0.3, 0.4) is 0 Å². The molecule has 0 radical (unpaired) electrons. The molecule has 5 nitrogen and oxygen atoms in total. The lowest BCUT2D eigenvalue weighted by Crippen LogP contribution is -2.14. The summed E-state index contributed by atoms with van der Waals surface area (Å²) in [5, 5.41) is 3.74. The Morgan fingerprint density at radius 3 is 2.69 bits per heavy atom. The van der Waals surface area contributed by atoms with Crippen LogP contribution in [0.15, 0.2) is 42.6 Å². The Balaban J connectivity index is 1.94. The van der Waals surface area contributed by atoms with Crippen molar-refractivity contribution in [1.82, 2.24) is 9.78 Å². The molecule has 0 saturated heterocycles. The number of hydrogen-bond donors (Lipinski definition) is 1. The number of anilines is 1. The Morgan fingerprint density at radius 2 is 2.06 bits per heavy atom. The van der Waals surface area contributed by atoms with Gasteiger partial charge in [0.05, 0.1) is 0 Å². The number of aromatic nitrogens is 2. The van der Waals surface area contributed by atoms with Crippen LogP contribution >= 0.6 is 0 Å². The molecule has 5 heteroatoms. The number of nitrogen functional groups attached to an aromatic ring is 1. The van der Waals surface area contributed by atoms with Gasteiger partial charge in [-0.2, -0.15) is 4.68 Å². The quantitative estimate of drug-likeness (QED) is 0.830. The van der Waals surface area contributed by atoms with Crippen molar-refractivity contribution in [3.63, 3.8) is 0 Å². The lowest BCUT2D eigenvalue weighted by molar-refractivity contribution is 0.138. The first-order valence-electron chi connectivity index (χ1n) is 4.78. The standard InChI is InChI=1S/C11H11N3O2/c12-10-6-7-14(13-10)11(15)16-8-9-4-2-1-3-5-9/h1-7H,8H2,(H2,12,13). The first kappa shape index (κ1) is 10.2. The van der Waals surface area contributed by atoms with Crippen LogP contribution in [-0.2, 0) is 11.3 Å². The van der Waals surface area contributed by atoms with Crippen molar-refractivity contribution in [1.29, 1.82) is 0 Å². The monoisotopic (exact) mass is 217 g/mol. The number of nitrogens with two attached hydrogens (primary N) is 1. The summed E-state index contributed by atoms with van der Waals surface area (Å²) in [6, 6.07) is 11.0. The summed E-state index contributed by atoms with van der Waals surface area (Å²) in [6.45, 7) is 0.222. The summed E-state index contributed by atoms with van der Waals surface area (Å²) in [7, 11) is 0. The molecular formula is C11H11N3O2. The van der Waals surface area contributed by atoms with Gasteiger partial charge in [-0.25, -0.2) is 4.79 Å². The molecule has 1 heterocycles. The average molecular weight is 217 g/mol. The van der Waals surface area contributed by atoms with E-state index in [1.807, 2.05) is 30.3 Å². The minimum Gasteiger partial charge on any atom is -0.443 e. The van der Waals surface area contributed by atoms with Gasteiger partial charge in [0.2, 0.25) is 0 Å². The number of carbonyl (C=O) groups is 1. The minimum atomic E-state index is -0.541. The van der Waals surface area contributed by atoms with E-state index in [1.165, 1.54) is 12.3 Å². The molecular weight excluding hydrogens is 206 g/mol. The first-order valence-corrected chi connectivity index (χ1v) is 4.78. The highest BCUT2D eigenvalue weighted by molar-refractivity contribution is 5.69. The van der Waals surface area contributed by atoms with E-state index >= 15 is 0 Å². The lowest BCUT2D eigenvalue weighted by atomic mass is 10.2. The molecule has 2 aromatic rings. The highest BCUT2D eigenvalue weighted by atomic mass is 16.6. The summed E-state index contributed by atoms with van der Waals surface area (Å²) >= 11 is 0. The van der Waals surface area contributed by atoms with Crippen LogP contribution < -0.4 is 5.73 Å². The molecule has 0 unspecified atom stereocenters. The molecule has 0 saturated carbocycles. The minimum absolute atomic E-state index is 0.222. The molecule has 0 aliphatic heterocycles. The van der Waals surface area contributed by atoms with Crippen LogP contribution in [0, 0.1) is 0 Å². The fraction of sp³-hybridized carbons (Fsp3) is 0.0909. The van der Waals surface area contributed by atoms with Gasteiger partial charge in [-0.15, -0.1) is 5.10 Å². The van der Waals surface area contributed by atoms with Gasteiger partial charge in [0.25, 0.3) is 0 Å². The van der Waals surface area contributed by atoms with E-state index < -0.39 is 6.09 Å². The lowest BCUT2D eigenvalue weighted by Gasteiger charge is -2.03. The van der Waals surface area contributed by atoms with E-state index in [-0.39, 0.29) is 12.4 Å². The maximum Gasteiger partial charge on any atom is 0.435 e. The third-order valence-electron chi connectivity index (χ3n) is 2.00. The highest BCUT2D eigenvalue weighted by Gasteiger charge is 2.06. The van der Waals surface area contributed by atoms with Crippen molar-refractivity contribution in [2.24, 2.45) is 0 Å². The van der Waals surface area contributed by atoms with E-state index in [0.29, 0.717) is 0 Å². The topological polar surface area (TPSA) is 70.1 Å². The molecule has 82 valence electrons. The zero-order valence-electron chi connectivity index (χ0n) is 8.54. The fourth-order valence-corrected chi connectivity index (χ4v) is 1.23. The van der Waals surface area contributed by atoms with Crippen LogP contribution in [0.2, 0.25) is 0 Å². The van der Waals surface area contributed by atoms with E-state index in [1.54, 1.807) is 0 Å². The third-order valence-corrected chi connectivity index (χ3v) is 2.00. The number of benzene rings is 1. The molecule has 0 fully saturated rings. The molecule has 16 heavy (non-hydrogen) atoms. The zero-order chi connectivity index (χ0) is 11.4. The van der Waals surface area contributed by atoms with Crippen molar-refractivity contribution in [3.8, 4) is 0 Å². The summed E-state index contributed by atoms with van der Waals surface area (Å²) in [5.74, 6) is 0.289. The van der Waals surface area contributed by atoms with Crippen molar-refractivity contribution >= 4 is 11.9 Å². The fourth-order valence-electron chi connectivity index (χ4n) is 1.23. The second kappa shape index (κ2) is 4.48. The van der Waals surface area contributed by atoms with Gasteiger partial charge in [-0.1, -0.05) is 30.3 Å². The van der Waals surface area contributed by atoms with E-state index in [4.69, 9.17) is 10.5 Å². The molecule has 0 spiro atoms. The van der Waals surface area contributed by atoms with E-state index in [0.717, 1.165) is 10.2 Å². The first-order chi connectivity index (χ1) is 7.75. The normalized spacial score (nSPS) is 10.0. The van der Waals surface area contributed by atoms with Gasteiger partial charge in [0, 0.05) is 12.3 Å². The van der Waals surface area contributed by atoms with Gasteiger partial charge >= 0.3 is 6.09 Å². The Kier molecular flexibility index (Phi) is 2.86. The third kappa shape index (κ3) is 2.38. The smallest absolute Gasteiger partial charge is 0.435 e. The van der Waals surface area contributed by atoms with Gasteiger partial charge in [0.15, 0.2) is 0 Å². The van der Waals surface area contributed by atoms with Crippen LogP contribution in [0.25, 0.3) is 0 Å². The summed E-state index contributed by atoms with van der Waals surface area (Å²) in [6.07, 6.45) is 0.920. The molecule has 0 atom stereocenters. The van der Waals surface area contributed by atoms with Crippen molar-refractivity contribution in [2.45, 2.75) is 6.61 Å². The zero-order valence-corrected chi connectivity index (χ0v) is 8.54. The van der Waals surface area contributed by atoms with Crippen LogP contribution in [-0.4, -0.2) is 15.9 Å². The molecule has 0 bridgehead atoms. The largest absolute Gasteiger partial charge is 0.443 e. The summed E-state index contributed by atoms with van der Waals surface area (Å²) in [5.41, 5.74) is 6.31. The maximum atomic E-state index is 11.5. The number of nitrogens with zero attached hydrogens (tertiary/aromatic N) is 2. The van der Waals surface area contributed by atoms with E-state index in [9.17, 15) is 4.79 Å². The van der Waals surface area contributed by atoms with Gasteiger partial charge in [0.1, 0.15) is 12.4 Å². The second-order valence-electron chi connectivity index (χ2n) is 3.23. The van der Waals surface area contributed by atoms with Gasteiger partial charge in [-0.3, -0.25) is 0 Å². The number of hydrogen-bond acceptors (Lipinski definition) is 4. The second-order valence-corrected chi connectivity index (χ2v) is 3.23. The molecule has 0 aliphatic rings. The molecule has 2 rings (SSSR count). The van der Waals surface area contributed by atoms with Crippen LogP contribution in [0.1, 0.15) is 5.56 Å². The average Bonchev–Trinajstić information content (AvgIpc) is 2.74. The SMILES string of the molecule is Nc1ccn(C(=O)OCc2ccccc2)n1. The maximum absolute atomic E-state index is 11.5. The summed E-state index contributed by atoms with van der Waals surface area (Å²) < 4.78 is 6.10. The molecule has 0 aliphatic carbocycles. The molecule has 0 amide bonds. The Labute approximate surface area is 92.4 Å². The predicted octanol–water partition coefficient (Wildman–Crippen LogP) is 1.65. The van der Waals surface area contributed by atoms with E-state index in [2.05, 4.69) is 5.10 Å². The van der Waals surface area contributed by atoms with Crippen molar-refractivity contribution in [2.75, 3.05) is 5.73 Å². The molecule has 1 aromatic carbocycles. The number of rotatable bonds is 2. The van der Waals surface area contributed by atoms with Crippen LogP contribution in [0.4, 0.5) is 10.6 Å². The number of carbonyl (C=O) groups excluding carboxylic acids is 1. The molecule has 1 aromatic heterocycles. The molecule has 2 N–H and O–H groups in total. The van der Waals surface area contributed by atoms with Crippen LogP contribution in [0.5, 0.6) is 0 Å². The highest BCUT2D eigenvalue weighted by Crippen LogP contribution is 2.03.